The molecule has 0 aliphatic carbocycles. The molecule has 1 amide bonds. The molecule has 2 aromatic heterocycles. The van der Waals surface area contributed by atoms with Crippen molar-refractivity contribution in [3.8, 4) is 10.3 Å². The van der Waals surface area contributed by atoms with E-state index in [1.54, 1.807) is 18.2 Å². The van der Waals surface area contributed by atoms with Gasteiger partial charge in [-0.15, -0.1) is 0 Å². The molecule has 20 heavy (non-hydrogen) atoms. The van der Waals surface area contributed by atoms with Gasteiger partial charge >= 0.3 is 119 Å². The van der Waals surface area contributed by atoms with Crippen molar-refractivity contribution >= 4 is 35.9 Å². The quantitative estimate of drug-likeness (QED) is 0.688. The van der Waals surface area contributed by atoms with Gasteiger partial charge in [-0.05, 0) is 0 Å². The second-order valence-electron chi connectivity index (χ2n) is 4.13. The second kappa shape index (κ2) is 4.70. The van der Waals surface area contributed by atoms with E-state index in [9.17, 15) is 9.18 Å². The van der Waals surface area contributed by atoms with Gasteiger partial charge in [0.1, 0.15) is 0 Å². The van der Waals surface area contributed by atoms with E-state index in [1.807, 2.05) is 0 Å². The van der Waals surface area contributed by atoms with E-state index in [-0.39, 0.29) is 31.7 Å². The minimum atomic E-state index is -0.681. The molecule has 0 aliphatic heterocycles. The third kappa shape index (κ3) is 2.17. The SMILES string of the molecule is NC(=O)c1nc(-c2nc3cc(F)ccc3[se]2)ccc1N. The number of fused-ring (bicyclic) bond motifs is 1. The summed E-state index contributed by atoms with van der Waals surface area (Å²) in [5.41, 5.74) is 12.3. The topological polar surface area (TPSA) is 94.9 Å². The summed E-state index contributed by atoms with van der Waals surface area (Å²) in [7, 11) is 0. The summed E-state index contributed by atoms with van der Waals surface area (Å²) in [4.78, 5) is 19.8. The van der Waals surface area contributed by atoms with E-state index >= 15 is 0 Å². The fourth-order valence-electron chi connectivity index (χ4n) is 1.80. The summed E-state index contributed by atoms with van der Waals surface area (Å²) in [5.74, 6) is -1.01. The zero-order chi connectivity index (χ0) is 14.3. The number of primary amides is 1. The predicted molar refractivity (Wildman–Crippen MR) is 74.8 cm³/mol. The Morgan fingerprint density at radius 3 is 2.75 bits per heavy atom. The number of halogens is 1. The number of nitrogen functional groups attached to an aromatic ring is 1. The Hall–Kier alpha value is -2.24. The van der Waals surface area contributed by atoms with E-state index in [0.717, 1.165) is 8.83 Å². The van der Waals surface area contributed by atoms with Crippen LogP contribution in [0.25, 0.3) is 20.0 Å². The van der Waals surface area contributed by atoms with Crippen LogP contribution in [0.2, 0.25) is 0 Å². The number of rotatable bonds is 2. The molecule has 0 unspecified atom stereocenters. The molecule has 4 N–H and O–H groups in total. The Morgan fingerprint density at radius 2 is 2.00 bits per heavy atom. The third-order valence-corrected chi connectivity index (χ3v) is 4.95. The van der Waals surface area contributed by atoms with Crippen LogP contribution in [0.15, 0.2) is 30.3 Å². The second-order valence-corrected chi connectivity index (χ2v) is 6.29. The molecule has 0 radical (unpaired) electrons. The Bertz CT molecular complexity index is 830. The molecule has 0 aliphatic rings. The first-order valence-corrected chi connectivity index (χ1v) is 7.38. The van der Waals surface area contributed by atoms with Gasteiger partial charge in [0.25, 0.3) is 0 Å². The molecular weight excluding hydrogens is 326 g/mol. The van der Waals surface area contributed by atoms with Gasteiger partial charge < -0.3 is 0 Å². The van der Waals surface area contributed by atoms with Gasteiger partial charge in [-0.3, -0.25) is 0 Å². The number of carbonyl (C=O) groups is 1. The molecule has 7 heteroatoms. The van der Waals surface area contributed by atoms with Gasteiger partial charge in [0.05, 0.1) is 0 Å². The molecular formula is C13H9FN4OSe. The Kier molecular flexibility index (Phi) is 3.00. The molecule has 5 nitrogen and oxygen atoms in total. The fourth-order valence-corrected chi connectivity index (χ4v) is 3.72. The molecule has 2 heterocycles. The summed E-state index contributed by atoms with van der Waals surface area (Å²) in [6.45, 7) is 0. The van der Waals surface area contributed by atoms with Crippen LogP contribution in [0, 0.1) is 5.82 Å². The number of hydrogen-bond acceptors (Lipinski definition) is 4. The molecule has 0 spiro atoms. The number of amides is 1. The van der Waals surface area contributed by atoms with Crippen LogP contribution in [0.3, 0.4) is 0 Å². The predicted octanol–water partition coefficient (Wildman–Crippen LogP) is 1.17. The molecule has 0 bridgehead atoms. The minimum absolute atomic E-state index is 0.0307. The first-order valence-electron chi connectivity index (χ1n) is 5.67. The molecule has 0 atom stereocenters. The van der Waals surface area contributed by atoms with Crippen LogP contribution >= 0.6 is 0 Å². The summed E-state index contributed by atoms with van der Waals surface area (Å²) in [6, 6.07) is 7.77. The van der Waals surface area contributed by atoms with Gasteiger partial charge in [0.2, 0.25) is 0 Å². The fraction of sp³-hybridized carbons (Fsp3) is 0. The summed E-state index contributed by atoms with van der Waals surface area (Å²) in [5, 5.41) is 0. The maximum atomic E-state index is 13.2. The zero-order valence-electron chi connectivity index (χ0n) is 10.1. The van der Waals surface area contributed by atoms with Crippen molar-refractivity contribution in [3.63, 3.8) is 0 Å². The summed E-state index contributed by atoms with van der Waals surface area (Å²) < 4.78 is 14.9. The standard InChI is InChI=1S/C13H9FN4OSe/c14-6-1-4-10-9(5-6)18-13(20-10)8-3-2-7(15)11(17-8)12(16)19/h1-5H,15H2,(H2,16,19). The van der Waals surface area contributed by atoms with E-state index in [4.69, 9.17) is 11.5 Å². The van der Waals surface area contributed by atoms with Gasteiger partial charge in [-0.2, -0.15) is 0 Å². The van der Waals surface area contributed by atoms with E-state index in [2.05, 4.69) is 9.97 Å². The molecule has 100 valence electrons. The normalized spacial score (nSPS) is 10.8. The molecule has 3 rings (SSSR count). The molecule has 3 aromatic rings. The molecule has 0 saturated carbocycles. The van der Waals surface area contributed by atoms with Gasteiger partial charge in [0, 0.05) is 0 Å². The average Bonchev–Trinajstić information content (AvgIpc) is 2.81. The van der Waals surface area contributed by atoms with Gasteiger partial charge in [-0.25, -0.2) is 0 Å². The van der Waals surface area contributed by atoms with Crippen LogP contribution in [0.4, 0.5) is 10.1 Å². The number of nitrogens with zero attached hydrogens (tertiary/aromatic N) is 2. The number of anilines is 1. The number of aromatic nitrogens is 2. The molecule has 0 saturated heterocycles. The van der Waals surface area contributed by atoms with E-state index in [0.29, 0.717) is 11.2 Å². The van der Waals surface area contributed by atoms with Crippen LogP contribution in [-0.4, -0.2) is 30.4 Å². The number of benzene rings is 1. The van der Waals surface area contributed by atoms with Crippen molar-refractivity contribution < 1.29 is 9.18 Å². The number of nitrogens with two attached hydrogens (primary N) is 2. The van der Waals surface area contributed by atoms with Gasteiger partial charge in [0.15, 0.2) is 0 Å². The van der Waals surface area contributed by atoms with Crippen LogP contribution in [0.1, 0.15) is 10.5 Å². The van der Waals surface area contributed by atoms with E-state index < -0.39 is 5.91 Å². The molecule has 0 fully saturated rings. The van der Waals surface area contributed by atoms with Crippen molar-refractivity contribution in [2.45, 2.75) is 0 Å². The summed E-state index contributed by atoms with van der Waals surface area (Å²) >= 11 is -0.0823. The number of carbonyl (C=O) groups excluding carboxylic acids is 1. The van der Waals surface area contributed by atoms with Gasteiger partial charge in [-0.1, -0.05) is 0 Å². The maximum absolute atomic E-state index is 13.2. The van der Waals surface area contributed by atoms with Crippen LogP contribution in [-0.2, 0) is 0 Å². The van der Waals surface area contributed by atoms with Crippen molar-refractivity contribution in [2.75, 3.05) is 5.73 Å². The monoisotopic (exact) mass is 336 g/mol. The summed E-state index contributed by atoms with van der Waals surface area (Å²) in [6.07, 6.45) is 0. The van der Waals surface area contributed by atoms with E-state index in [1.165, 1.54) is 12.1 Å². The zero-order valence-corrected chi connectivity index (χ0v) is 11.8. The first-order chi connectivity index (χ1) is 9.54. The number of hydrogen-bond donors (Lipinski definition) is 2. The Labute approximate surface area is 119 Å². The van der Waals surface area contributed by atoms with Crippen molar-refractivity contribution in [3.05, 3.63) is 41.8 Å². The first kappa shape index (κ1) is 12.8. The Morgan fingerprint density at radius 1 is 1.20 bits per heavy atom. The van der Waals surface area contributed by atoms with Crippen molar-refractivity contribution in [2.24, 2.45) is 5.73 Å². The third-order valence-electron chi connectivity index (χ3n) is 2.73. The molecule has 1 aromatic carbocycles. The number of pyridine rings is 1. The Balaban J connectivity index is 2.15. The van der Waals surface area contributed by atoms with Crippen molar-refractivity contribution in [1.29, 1.82) is 0 Å². The van der Waals surface area contributed by atoms with Crippen LogP contribution in [0.5, 0.6) is 0 Å². The average molecular weight is 335 g/mol. The van der Waals surface area contributed by atoms with Crippen molar-refractivity contribution in [1.82, 2.24) is 9.97 Å². The van der Waals surface area contributed by atoms with Crippen LogP contribution < -0.4 is 11.5 Å².